The zero-order valence-electron chi connectivity index (χ0n) is 34.4. The number of rotatable bonds is 10. The van der Waals surface area contributed by atoms with E-state index in [9.17, 15) is 15.0 Å². The van der Waals surface area contributed by atoms with E-state index in [1.807, 2.05) is 13.8 Å². The van der Waals surface area contributed by atoms with Crippen LogP contribution < -0.4 is 0 Å². The molecule has 11 aliphatic rings. The van der Waals surface area contributed by atoms with Crippen molar-refractivity contribution in [3.05, 3.63) is 24.3 Å². The topological polar surface area (TPSA) is 159 Å². The van der Waals surface area contributed by atoms with Crippen molar-refractivity contribution in [2.24, 2.45) is 11.8 Å². The van der Waals surface area contributed by atoms with Gasteiger partial charge >= 0.3 is 5.97 Å². The Bertz CT molecular complexity index is 1590. The van der Waals surface area contributed by atoms with Crippen LogP contribution in [-0.2, 0) is 56.9 Å². The fourth-order valence-electron chi connectivity index (χ4n) is 12.1. The fourth-order valence-corrected chi connectivity index (χ4v) is 12.1. The Kier molecular flexibility index (Phi) is 10.7. The molecule has 0 aromatic heterocycles. The molecule has 0 aromatic rings. The highest BCUT2D eigenvalue weighted by Gasteiger charge is 2.69. The van der Waals surface area contributed by atoms with Crippen LogP contribution >= 0.6 is 0 Å². The third-order valence-electron chi connectivity index (χ3n) is 15.2. The van der Waals surface area contributed by atoms with Gasteiger partial charge in [-0.05, 0) is 75.9 Å². The highest BCUT2D eigenvalue weighted by Crippen LogP contribution is 2.54. The van der Waals surface area contributed by atoms with E-state index >= 15 is 0 Å². The SMILES string of the molecule is C=C1C[C@H](CC[C@@]23C[C@H]4OC5C(O2)[C@H]2O[C@@H](CC(=O)O)CC[C@@H]2O[C@H]5C4O3)O[C@H]1CC[C@H]1C[C@@H](C)C(=C)[C@@H](C[C@@H]2O[C@H]3C[C@H]4OC(C)(C)OC[C@H]4O[C@H]3[C@H](C)[C@H]2O)O1. The zero-order valence-corrected chi connectivity index (χ0v) is 34.4. The maximum atomic E-state index is 11.5. The summed E-state index contributed by atoms with van der Waals surface area (Å²) in [6.07, 6.45) is 3.80. The van der Waals surface area contributed by atoms with Crippen molar-refractivity contribution < 1.29 is 67.1 Å². The van der Waals surface area contributed by atoms with Gasteiger partial charge in [-0.25, -0.2) is 0 Å². The minimum Gasteiger partial charge on any atom is -0.481 e. The molecule has 11 saturated heterocycles. The largest absolute Gasteiger partial charge is 0.481 e. The van der Waals surface area contributed by atoms with Gasteiger partial charge in [0.25, 0.3) is 0 Å². The molecule has 11 rings (SSSR count). The van der Waals surface area contributed by atoms with Gasteiger partial charge in [0.05, 0.1) is 86.3 Å². The van der Waals surface area contributed by atoms with Crippen molar-refractivity contribution in [3.8, 4) is 0 Å². The van der Waals surface area contributed by atoms with Crippen molar-refractivity contribution in [2.45, 2.75) is 226 Å². The number of carboxylic acid groups (broad SMARTS) is 1. The number of hydrogen-bond donors (Lipinski definition) is 2. The first-order valence-electron chi connectivity index (χ1n) is 22.2. The highest BCUT2D eigenvalue weighted by molar-refractivity contribution is 5.67. The van der Waals surface area contributed by atoms with E-state index in [1.54, 1.807) is 0 Å². The molecule has 2 N–H and O–H groups in total. The zero-order chi connectivity index (χ0) is 40.2. The molecule has 0 radical (unpaired) electrons. The molecular formula is C44H64O14. The maximum Gasteiger partial charge on any atom is 0.305 e. The van der Waals surface area contributed by atoms with E-state index in [1.165, 1.54) is 0 Å². The van der Waals surface area contributed by atoms with E-state index in [0.717, 1.165) is 49.7 Å². The summed E-state index contributed by atoms with van der Waals surface area (Å²) in [6, 6.07) is 0. The predicted molar refractivity (Wildman–Crippen MR) is 204 cm³/mol. The van der Waals surface area contributed by atoms with Crippen molar-refractivity contribution in [3.63, 3.8) is 0 Å². The number of hydrogen-bond acceptors (Lipinski definition) is 13. The Balaban J connectivity index is 0.725. The van der Waals surface area contributed by atoms with Gasteiger partial charge in [-0.1, -0.05) is 27.0 Å². The van der Waals surface area contributed by atoms with Crippen LogP contribution in [0.15, 0.2) is 24.3 Å². The van der Waals surface area contributed by atoms with Gasteiger partial charge in [-0.2, -0.15) is 0 Å². The predicted octanol–water partition coefficient (Wildman–Crippen LogP) is 4.51. The summed E-state index contributed by atoms with van der Waals surface area (Å²) in [5, 5.41) is 20.9. The molecule has 0 aromatic carbocycles. The second-order valence-electron chi connectivity index (χ2n) is 19.7. The number of fused-ring (bicyclic) bond motifs is 3. The number of aliphatic carboxylic acids is 1. The van der Waals surface area contributed by atoms with Crippen LogP contribution in [0.4, 0.5) is 0 Å². The normalized spacial score (nSPS) is 52.8. The van der Waals surface area contributed by atoms with Crippen molar-refractivity contribution in [1.29, 1.82) is 0 Å². The molecular weight excluding hydrogens is 752 g/mol. The molecule has 6 bridgehead atoms. The molecule has 0 aliphatic carbocycles. The third-order valence-corrected chi connectivity index (χ3v) is 15.2. The lowest BCUT2D eigenvalue weighted by molar-refractivity contribution is -0.355. The van der Waals surface area contributed by atoms with Crippen molar-refractivity contribution in [2.75, 3.05) is 6.61 Å². The van der Waals surface area contributed by atoms with E-state index < -0.39 is 35.9 Å². The van der Waals surface area contributed by atoms with Gasteiger partial charge in [0.1, 0.15) is 36.6 Å². The summed E-state index contributed by atoms with van der Waals surface area (Å²) in [4.78, 5) is 11.5. The first kappa shape index (κ1) is 40.5. The van der Waals surface area contributed by atoms with E-state index in [4.69, 9.17) is 52.1 Å². The van der Waals surface area contributed by atoms with Crippen LogP contribution in [0.2, 0.25) is 0 Å². The molecule has 3 unspecified atom stereocenters. The Morgan fingerprint density at radius 3 is 2.31 bits per heavy atom. The summed E-state index contributed by atoms with van der Waals surface area (Å²) >= 11 is 0. The first-order chi connectivity index (χ1) is 27.7. The summed E-state index contributed by atoms with van der Waals surface area (Å²) in [6.45, 7) is 17.5. The Labute approximate surface area is 341 Å². The molecule has 0 amide bonds. The lowest BCUT2D eigenvalue weighted by Crippen LogP contribution is -2.63. The van der Waals surface area contributed by atoms with E-state index in [-0.39, 0.29) is 110 Å². The second kappa shape index (κ2) is 15.4. The average Bonchev–Trinajstić information content (AvgIpc) is 3.76. The molecule has 11 aliphatic heterocycles. The number of carboxylic acids is 1. The van der Waals surface area contributed by atoms with Crippen molar-refractivity contribution in [1.82, 2.24) is 0 Å². The molecule has 324 valence electrons. The van der Waals surface area contributed by atoms with Gasteiger partial charge < -0.3 is 62.3 Å². The fraction of sp³-hybridized carbons (Fsp3) is 0.886. The quantitative estimate of drug-likeness (QED) is 0.297. The monoisotopic (exact) mass is 816 g/mol. The lowest BCUT2D eigenvalue weighted by Gasteiger charge is -2.53. The molecule has 58 heavy (non-hydrogen) atoms. The molecule has 14 heteroatoms. The van der Waals surface area contributed by atoms with E-state index in [2.05, 4.69) is 27.0 Å². The number of aliphatic hydroxyl groups is 1. The van der Waals surface area contributed by atoms with Gasteiger partial charge in [-0.3, -0.25) is 4.79 Å². The van der Waals surface area contributed by atoms with Gasteiger partial charge in [0.2, 0.25) is 0 Å². The molecule has 11 heterocycles. The molecule has 0 saturated carbocycles. The van der Waals surface area contributed by atoms with E-state index in [0.29, 0.717) is 38.7 Å². The second-order valence-corrected chi connectivity index (χ2v) is 19.7. The minimum absolute atomic E-state index is 0.00215. The Morgan fingerprint density at radius 2 is 1.48 bits per heavy atom. The van der Waals surface area contributed by atoms with Crippen LogP contribution in [0.5, 0.6) is 0 Å². The van der Waals surface area contributed by atoms with Crippen molar-refractivity contribution >= 4 is 5.97 Å². The van der Waals surface area contributed by atoms with Crippen LogP contribution in [0.1, 0.15) is 105 Å². The van der Waals surface area contributed by atoms with Crippen LogP contribution in [0.3, 0.4) is 0 Å². The lowest BCUT2D eigenvalue weighted by atomic mass is 9.79. The standard InChI is InChI=1S/C44H64O14/c1-20-13-24(50-29(22(20)3)16-31-36(47)23(4)37-32(52-31)17-30-34(55-37)19-48-43(5,6)56-30)7-9-27-21(2)14-26(49-27)11-12-44-18-33-39(57-44)40-41(54-33)42(58-44)38-28(53-40)10-8-25(51-38)15-35(45)46/h20,23-34,36-42,47H,2-3,7-19H2,1,4-6H3,(H,45,46)/t20-,23-,24+,25-,26+,27+,28+,29-,30-,31+,32+,33-,34-,36-,37+,38+,39?,40+,41?,42?,44+/m1/s1. The highest BCUT2D eigenvalue weighted by atomic mass is 16.8. The molecule has 11 fully saturated rings. The number of aliphatic hydroxyl groups excluding tert-OH is 1. The van der Waals surface area contributed by atoms with Crippen LogP contribution in [0, 0.1) is 11.8 Å². The maximum absolute atomic E-state index is 11.5. The van der Waals surface area contributed by atoms with Gasteiger partial charge in [0, 0.05) is 31.6 Å². The summed E-state index contributed by atoms with van der Waals surface area (Å²) in [5.41, 5.74) is 2.16. The van der Waals surface area contributed by atoms with Gasteiger partial charge in [0.15, 0.2) is 11.6 Å². The average molecular weight is 817 g/mol. The van der Waals surface area contributed by atoms with Gasteiger partial charge in [-0.15, -0.1) is 0 Å². The minimum atomic E-state index is -0.866. The summed E-state index contributed by atoms with van der Waals surface area (Å²) < 4.78 is 71.5. The Morgan fingerprint density at radius 1 is 0.724 bits per heavy atom. The molecule has 0 spiro atoms. The summed E-state index contributed by atoms with van der Waals surface area (Å²) in [7, 11) is 0. The number of ether oxygens (including phenoxy) is 11. The smallest absolute Gasteiger partial charge is 0.305 e. The molecule has 21 atom stereocenters. The molecule has 14 nitrogen and oxygen atoms in total. The first-order valence-corrected chi connectivity index (χ1v) is 22.2. The summed E-state index contributed by atoms with van der Waals surface area (Å²) in [5.74, 6) is -2.19. The third kappa shape index (κ3) is 7.46. The van der Waals surface area contributed by atoms with Crippen LogP contribution in [-0.4, -0.2) is 144 Å². The Hall–Kier alpha value is -1.53. The number of carbonyl (C=O) groups is 1. The van der Waals surface area contributed by atoms with Crippen LogP contribution in [0.25, 0.3) is 0 Å².